The second-order valence-electron chi connectivity index (χ2n) is 8.38. The number of aryl methyl sites for hydroxylation is 1. The van der Waals surface area contributed by atoms with Gasteiger partial charge in [0.15, 0.2) is 0 Å². The number of ether oxygens (including phenoxy) is 2. The maximum absolute atomic E-state index is 11.0. The highest BCUT2D eigenvalue weighted by molar-refractivity contribution is 5.84. The highest BCUT2D eigenvalue weighted by Gasteiger charge is 2.13. The molecule has 5 nitrogen and oxygen atoms in total. The Kier molecular flexibility index (Phi) is 7.02. The first-order valence-corrected chi connectivity index (χ1v) is 11.3. The van der Waals surface area contributed by atoms with E-state index in [1.54, 1.807) is 13.2 Å². The van der Waals surface area contributed by atoms with Gasteiger partial charge in [-0.1, -0.05) is 42.5 Å². The average Bonchev–Trinajstić information content (AvgIpc) is 3.26. The summed E-state index contributed by atoms with van der Waals surface area (Å²) in [6.45, 7) is 7.12. The Morgan fingerprint density at radius 2 is 1.74 bits per heavy atom. The largest absolute Gasteiger partial charge is 0.497 e. The third kappa shape index (κ3) is 5.15. The summed E-state index contributed by atoms with van der Waals surface area (Å²) in [5.74, 6) is 0.546. The normalized spacial score (nSPS) is 11.8. The predicted octanol–water partition coefficient (Wildman–Crippen LogP) is 6.33. The highest BCUT2D eigenvalue weighted by Crippen LogP contribution is 2.27. The summed E-state index contributed by atoms with van der Waals surface area (Å²) in [5, 5.41) is 10.3. The minimum atomic E-state index is -0.840. The van der Waals surface area contributed by atoms with E-state index >= 15 is 0 Å². The van der Waals surface area contributed by atoms with Crippen molar-refractivity contribution in [2.75, 3.05) is 7.11 Å². The number of methoxy groups -OCH3 is 1. The molecule has 1 aromatic heterocycles. The van der Waals surface area contributed by atoms with Gasteiger partial charge in [0.2, 0.25) is 0 Å². The molecule has 0 bridgehead atoms. The van der Waals surface area contributed by atoms with Gasteiger partial charge >= 0.3 is 5.97 Å². The number of carboxylic acids is 1. The van der Waals surface area contributed by atoms with E-state index < -0.39 is 5.97 Å². The number of rotatable bonds is 10. The summed E-state index contributed by atoms with van der Waals surface area (Å²) in [6, 6.07) is 22.1. The number of benzene rings is 3. The predicted molar refractivity (Wildman–Crippen MR) is 135 cm³/mol. The third-order valence-corrected chi connectivity index (χ3v) is 6.19. The van der Waals surface area contributed by atoms with Crippen molar-refractivity contribution in [3.63, 3.8) is 0 Å². The SMILES string of the molecule is C=C[C@@H](CC(=O)O)c1ccc(OCc2ccc3ccn(Cc4ccc(OC)cc4)c3c2C)cc1. The zero-order valence-electron chi connectivity index (χ0n) is 19.5. The fourth-order valence-corrected chi connectivity index (χ4v) is 4.24. The number of nitrogens with zero attached hydrogens (tertiary/aromatic N) is 1. The molecule has 4 aromatic rings. The lowest BCUT2D eigenvalue weighted by atomic mass is 9.96. The van der Waals surface area contributed by atoms with Crippen LogP contribution in [0, 0.1) is 6.92 Å². The van der Waals surface area contributed by atoms with Gasteiger partial charge in [0.25, 0.3) is 0 Å². The average molecular weight is 456 g/mol. The molecule has 0 saturated heterocycles. The summed E-state index contributed by atoms with van der Waals surface area (Å²) in [5.41, 5.74) is 5.65. The van der Waals surface area contributed by atoms with E-state index in [4.69, 9.17) is 14.6 Å². The van der Waals surface area contributed by atoms with Gasteiger partial charge in [-0.25, -0.2) is 0 Å². The van der Waals surface area contributed by atoms with Gasteiger partial charge in [-0.15, -0.1) is 6.58 Å². The third-order valence-electron chi connectivity index (χ3n) is 6.19. The zero-order valence-corrected chi connectivity index (χ0v) is 19.5. The molecule has 0 fully saturated rings. The standard InChI is InChI=1S/C29H29NO4/c1-4-22(17-28(31)32)23-9-13-27(14-10-23)34-19-25-8-7-24-15-16-30(29(24)20(25)2)18-21-5-11-26(33-3)12-6-21/h4-16,22H,1,17-19H2,2-3H3,(H,31,32)/t22-/m0/s1. The van der Waals surface area contributed by atoms with Crippen LogP contribution in [0.25, 0.3) is 10.9 Å². The van der Waals surface area contributed by atoms with Crippen LogP contribution in [0.3, 0.4) is 0 Å². The van der Waals surface area contributed by atoms with E-state index in [2.05, 4.69) is 54.6 Å². The Balaban J connectivity index is 1.49. The minimum Gasteiger partial charge on any atom is -0.497 e. The smallest absolute Gasteiger partial charge is 0.304 e. The lowest BCUT2D eigenvalue weighted by Gasteiger charge is -2.14. The molecule has 0 amide bonds. The first kappa shape index (κ1) is 23.2. The van der Waals surface area contributed by atoms with Crippen molar-refractivity contribution in [3.05, 3.63) is 108 Å². The number of carboxylic acid groups (broad SMARTS) is 1. The van der Waals surface area contributed by atoms with Crippen LogP contribution in [0.15, 0.2) is 85.6 Å². The Bertz CT molecular complexity index is 1290. The van der Waals surface area contributed by atoms with Crippen LogP contribution in [0.4, 0.5) is 0 Å². The van der Waals surface area contributed by atoms with Gasteiger partial charge in [0, 0.05) is 18.7 Å². The monoisotopic (exact) mass is 455 g/mol. The molecule has 34 heavy (non-hydrogen) atoms. The Labute approximate surface area is 199 Å². The van der Waals surface area contributed by atoms with Crippen LogP contribution >= 0.6 is 0 Å². The molecule has 3 aromatic carbocycles. The van der Waals surface area contributed by atoms with Crippen LogP contribution in [-0.2, 0) is 17.9 Å². The van der Waals surface area contributed by atoms with Gasteiger partial charge in [-0.3, -0.25) is 4.79 Å². The fraction of sp³-hybridized carbons (Fsp3) is 0.207. The molecule has 0 aliphatic rings. The maximum Gasteiger partial charge on any atom is 0.304 e. The van der Waals surface area contributed by atoms with Gasteiger partial charge in [0.1, 0.15) is 18.1 Å². The molecule has 0 spiro atoms. The molecular weight excluding hydrogens is 426 g/mol. The topological polar surface area (TPSA) is 60.7 Å². The number of fused-ring (bicyclic) bond motifs is 1. The highest BCUT2D eigenvalue weighted by atomic mass is 16.5. The lowest BCUT2D eigenvalue weighted by molar-refractivity contribution is -0.137. The van der Waals surface area contributed by atoms with Crippen LogP contribution in [0.1, 0.15) is 34.6 Å². The number of hydrogen-bond donors (Lipinski definition) is 1. The minimum absolute atomic E-state index is 0.0269. The molecule has 1 atom stereocenters. The molecule has 0 aliphatic heterocycles. The summed E-state index contributed by atoms with van der Waals surface area (Å²) in [7, 11) is 1.67. The molecule has 0 saturated carbocycles. The molecule has 174 valence electrons. The number of allylic oxidation sites excluding steroid dienone is 1. The zero-order chi connectivity index (χ0) is 24.1. The summed E-state index contributed by atoms with van der Waals surface area (Å²) >= 11 is 0. The molecule has 5 heteroatoms. The lowest BCUT2D eigenvalue weighted by Crippen LogP contribution is -2.04. The maximum atomic E-state index is 11.0. The summed E-state index contributed by atoms with van der Waals surface area (Å²) in [4.78, 5) is 11.0. The van der Waals surface area contributed by atoms with Crippen molar-refractivity contribution in [2.24, 2.45) is 0 Å². The van der Waals surface area contributed by atoms with Gasteiger partial charge in [0.05, 0.1) is 19.0 Å². The molecule has 0 radical (unpaired) electrons. The van der Waals surface area contributed by atoms with Crippen LogP contribution in [0.2, 0.25) is 0 Å². The summed E-state index contributed by atoms with van der Waals surface area (Å²) in [6.07, 6.45) is 3.82. The van der Waals surface area contributed by atoms with Crippen LogP contribution < -0.4 is 9.47 Å². The van der Waals surface area contributed by atoms with E-state index in [1.807, 2.05) is 36.4 Å². The quantitative estimate of drug-likeness (QED) is 0.284. The van der Waals surface area contributed by atoms with Crippen molar-refractivity contribution in [2.45, 2.75) is 32.4 Å². The number of carbonyl (C=O) groups is 1. The molecule has 1 heterocycles. The first-order valence-electron chi connectivity index (χ1n) is 11.3. The van der Waals surface area contributed by atoms with E-state index in [1.165, 1.54) is 22.0 Å². The van der Waals surface area contributed by atoms with Crippen molar-refractivity contribution >= 4 is 16.9 Å². The number of hydrogen-bond acceptors (Lipinski definition) is 3. The van der Waals surface area contributed by atoms with Gasteiger partial charge in [-0.05, 0) is 64.9 Å². The van der Waals surface area contributed by atoms with Crippen LogP contribution in [0.5, 0.6) is 11.5 Å². The van der Waals surface area contributed by atoms with E-state index in [9.17, 15) is 4.79 Å². The summed E-state index contributed by atoms with van der Waals surface area (Å²) < 4.78 is 13.6. The fourth-order valence-electron chi connectivity index (χ4n) is 4.24. The van der Waals surface area contributed by atoms with Crippen molar-refractivity contribution in [3.8, 4) is 11.5 Å². The van der Waals surface area contributed by atoms with Crippen molar-refractivity contribution < 1.29 is 19.4 Å². The van der Waals surface area contributed by atoms with Crippen molar-refractivity contribution in [1.82, 2.24) is 4.57 Å². The molecular formula is C29H29NO4. The molecule has 1 N–H and O–H groups in total. The second kappa shape index (κ2) is 10.3. The number of aliphatic carboxylic acids is 1. The van der Waals surface area contributed by atoms with E-state index in [0.29, 0.717) is 6.61 Å². The van der Waals surface area contributed by atoms with Crippen LogP contribution in [-0.4, -0.2) is 22.8 Å². The second-order valence-corrected chi connectivity index (χ2v) is 8.38. The van der Waals surface area contributed by atoms with Gasteiger partial charge < -0.3 is 19.1 Å². The van der Waals surface area contributed by atoms with E-state index in [-0.39, 0.29) is 12.3 Å². The Hall–Kier alpha value is -3.99. The molecule has 0 unspecified atom stereocenters. The molecule has 0 aliphatic carbocycles. The van der Waals surface area contributed by atoms with E-state index in [0.717, 1.165) is 29.2 Å². The van der Waals surface area contributed by atoms with Gasteiger partial charge in [-0.2, -0.15) is 0 Å². The Morgan fingerprint density at radius 1 is 1.03 bits per heavy atom. The Morgan fingerprint density at radius 3 is 2.38 bits per heavy atom. The number of aromatic nitrogens is 1. The van der Waals surface area contributed by atoms with Crippen molar-refractivity contribution in [1.29, 1.82) is 0 Å². The molecule has 4 rings (SSSR count). The first-order chi connectivity index (χ1) is 16.5.